The van der Waals surface area contributed by atoms with Gasteiger partial charge in [0.1, 0.15) is 0 Å². The predicted octanol–water partition coefficient (Wildman–Crippen LogP) is 1.89. The molecule has 0 radical (unpaired) electrons. The molecule has 112 valence electrons. The van der Waals surface area contributed by atoms with Crippen molar-refractivity contribution in [2.75, 3.05) is 33.7 Å². The molecule has 0 saturated heterocycles. The molecule has 1 aromatic rings. The number of hydrogen-bond acceptors (Lipinski definition) is 3. The molecule has 0 bridgehead atoms. The molecule has 3 N–H and O–H groups in total. The van der Waals surface area contributed by atoms with E-state index >= 15 is 0 Å². The summed E-state index contributed by atoms with van der Waals surface area (Å²) in [5.74, 6) is 0. The lowest BCUT2D eigenvalue weighted by Crippen LogP contribution is -2.39. The summed E-state index contributed by atoms with van der Waals surface area (Å²) >= 11 is 11.9. The summed E-state index contributed by atoms with van der Waals surface area (Å²) in [6, 6.07) is 4.82. The van der Waals surface area contributed by atoms with E-state index in [4.69, 9.17) is 23.2 Å². The fraction of sp³-hybridized carbons (Fsp3) is 0.462. The van der Waals surface area contributed by atoms with Crippen LogP contribution in [0.2, 0.25) is 10.0 Å². The van der Waals surface area contributed by atoms with Gasteiger partial charge in [0.15, 0.2) is 0 Å². The molecule has 0 spiro atoms. The monoisotopic (exact) mass is 319 g/mol. The molecular weight excluding hydrogens is 301 g/mol. The van der Waals surface area contributed by atoms with E-state index in [1.54, 1.807) is 32.3 Å². The van der Waals surface area contributed by atoms with Gasteiger partial charge in [-0.25, -0.2) is 4.79 Å². The van der Waals surface area contributed by atoms with E-state index in [1.807, 2.05) is 0 Å². The third-order valence-corrected chi connectivity index (χ3v) is 3.22. The minimum Gasteiger partial charge on any atom is -0.387 e. The van der Waals surface area contributed by atoms with E-state index in [2.05, 4.69) is 10.6 Å². The highest BCUT2D eigenvalue weighted by atomic mass is 35.5. The van der Waals surface area contributed by atoms with E-state index in [1.165, 1.54) is 4.90 Å². The topological polar surface area (TPSA) is 64.6 Å². The first kappa shape index (κ1) is 17.0. The van der Waals surface area contributed by atoms with Crippen LogP contribution in [-0.4, -0.2) is 49.8 Å². The fourth-order valence-corrected chi connectivity index (χ4v) is 1.96. The minimum atomic E-state index is -0.745. The van der Waals surface area contributed by atoms with Gasteiger partial charge in [-0.2, -0.15) is 0 Å². The van der Waals surface area contributed by atoms with Crippen LogP contribution in [0.15, 0.2) is 18.2 Å². The van der Waals surface area contributed by atoms with Crippen molar-refractivity contribution in [3.05, 3.63) is 33.8 Å². The summed E-state index contributed by atoms with van der Waals surface area (Å²) in [4.78, 5) is 12.7. The summed E-state index contributed by atoms with van der Waals surface area (Å²) < 4.78 is 0. The Morgan fingerprint density at radius 2 is 2.05 bits per heavy atom. The summed E-state index contributed by atoms with van der Waals surface area (Å²) in [5, 5.41) is 16.8. The van der Waals surface area contributed by atoms with Gasteiger partial charge in [-0.05, 0) is 18.2 Å². The van der Waals surface area contributed by atoms with Crippen molar-refractivity contribution in [3.8, 4) is 0 Å². The molecule has 2 amide bonds. The predicted molar refractivity (Wildman–Crippen MR) is 81.4 cm³/mol. The van der Waals surface area contributed by atoms with Gasteiger partial charge in [0, 0.05) is 49.3 Å². The van der Waals surface area contributed by atoms with Crippen LogP contribution in [0.4, 0.5) is 4.79 Å². The average Bonchev–Trinajstić information content (AvgIpc) is 2.40. The van der Waals surface area contributed by atoms with Crippen LogP contribution in [0, 0.1) is 0 Å². The molecular formula is C13H19Cl2N3O2. The third-order valence-electron chi connectivity index (χ3n) is 2.64. The van der Waals surface area contributed by atoms with Gasteiger partial charge in [0.05, 0.1) is 6.10 Å². The fourth-order valence-electron chi connectivity index (χ4n) is 1.53. The maximum absolute atomic E-state index is 11.2. The van der Waals surface area contributed by atoms with Crippen molar-refractivity contribution in [1.29, 1.82) is 0 Å². The van der Waals surface area contributed by atoms with Gasteiger partial charge in [-0.1, -0.05) is 23.2 Å². The quantitative estimate of drug-likeness (QED) is 0.701. The van der Waals surface area contributed by atoms with Gasteiger partial charge in [-0.15, -0.1) is 0 Å². The molecule has 0 fully saturated rings. The summed E-state index contributed by atoms with van der Waals surface area (Å²) in [6.07, 6.45) is -0.745. The van der Waals surface area contributed by atoms with Crippen molar-refractivity contribution >= 4 is 29.2 Å². The molecule has 0 aliphatic rings. The number of rotatable bonds is 6. The summed E-state index contributed by atoms with van der Waals surface area (Å²) in [5.41, 5.74) is 0.587. The highest BCUT2D eigenvalue weighted by Crippen LogP contribution is 2.25. The second kappa shape index (κ2) is 8.32. The Kier molecular flexibility index (Phi) is 7.09. The lowest BCUT2D eigenvalue weighted by molar-refractivity contribution is 0.175. The highest BCUT2D eigenvalue weighted by molar-refractivity contribution is 6.33. The number of benzene rings is 1. The number of aliphatic hydroxyl groups excluding tert-OH is 1. The Hall–Kier alpha value is -1.01. The van der Waals surface area contributed by atoms with E-state index in [9.17, 15) is 9.90 Å². The zero-order valence-corrected chi connectivity index (χ0v) is 13.0. The summed E-state index contributed by atoms with van der Waals surface area (Å²) in [6.45, 7) is 1.36. The second-order valence-corrected chi connectivity index (χ2v) is 5.36. The highest BCUT2D eigenvalue weighted by Gasteiger charge is 2.11. The van der Waals surface area contributed by atoms with Crippen molar-refractivity contribution in [2.24, 2.45) is 0 Å². The lowest BCUT2D eigenvalue weighted by atomic mass is 10.1. The maximum Gasteiger partial charge on any atom is 0.316 e. The molecule has 0 aliphatic heterocycles. The molecule has 1 atom stereocenters. The Morgan fingerprint density at radius 1 is 1.35 bits per heavy atom. The SMILES string of the molecule is CN(C)C(=O)NCCNCC(O)c1cc(Cl)ccc1Cl. The van der Waals surface area contributed by atoms with Gasteiger partial charge < -0.3 is 20.6 Å². The first-order chi connectivity index (χ1) is 9.41. The molecule has 1 aromatic carbocycles. The number of urea groups is 1. The van der Waals surface area contributed by atoms with Crippen molar-refractivity contribution < 1.29 is 9.90 Å². The Labute approximate surface area is 128 Å². The molecule has 0 heterocycles. The average molecular weight is 320 g/mol. The first-order valence-electron chi connectivity index (χ1n) is 6.20. The van der Waals surface area contributed by atoms with Crippen LogP contribution in [0.5, 0.6) is 0 Å². The number of nitrogens with one attached hydrogen (secondary N) is 2. The standard InChI is InChI=1S/C13H19Cl2N3O2/c1-18(2)13(20)17-6-5-16-8-12(19)10-7-9(14)3-4-11(10)15/h3-4,7,12,16,19H,5-6,8H2,1-2H3,(H,17,20). The normalized spacial score (nSPS) is 12.1. The molecule has 0 saturated carbocycles. The number of halogens is 2. The zero-order chi connectivity index (χ0) is 15.1. The Balaban J connectivity index is 2.31. The van der Waals surface area contributed by atoms with E-state index < -0.39 is 6.10 Å². The third kappa shape index (κ3) is 5.54. The van der Waals surface area contributed by atoms with E-state index in [0.717, 1.165) is 0 Å². The van der Waals surface area contributed by atoms with Gasteiger partial charge in [0.25, 0.3) is 0 Å². The van der Waals surface area contributed by atoms with Crippen LogP contribution in [0.25, 0.3) is 0 Å². The maximum atomic E-state index is 11.2. The number of carbonyl (C=O) groups is 1. The van der Waals surface area contributed by atoms with Crippen LogP contribution in [0.1, 0.15) is 11.7 Å². The number of nitrogens with zero attached hydrogens (tertiary/aromatic N) is 1. The lowest BCUT2D eigenvalue weighted by Gasteiger charge is -2.15. The minimum absolute atomic E-state index is 0.148. The van der Waals surface area contributed by atoms with Gasteiger partial charge in [0.2, 0.25) is 0 Å². The van der Waals surface area contributed by atoms with Crippen LogP contribution in [-0.2, 0) is 0 Å². The first-order valence-corrected chi connectivity index (χ1v) is 6.96. The molecule has 0 aliphatic carbocycles. The van der Waals surface area contributed by atoms with Gasteiger partial charge in [-0.3, -0.25) is 0 Å². The number of aliphatic hydroxyl groups is 1. The number of amides is 2. The van der Waals surface area contributed by atoms with E-state index in [0.29, 0.717) is 35.2 Å². The molecule has 0 aromatic heterocycles. The van der Waals surface area contributed by atoms with Crippen molar-refractivity contribution in [3.63, 3.8) is 0 Å². The van der Waals surface area contributed by atoms with Crippen molar-refractivity contribution in [1.82, 2.24) is 15.5 Å². The second-order valence-electron chi connectivity index (χ2n) is 4.51. The van der Waals surface area contributed by atoms with Crippen LogP contribution in [0.3, 0.4) is 0 Å². The number of carbonyl (C=O) groups excluding carboxylic acids is 1. The largest absolute Gasteiger partial charge is 0.387 e. The molecule has 1 unspecified atom stereocenters. The van der Waals surface area contributed by atoms with E-state index in [-0.39, 0.29) is 6.03 Å². The smallest absolute Gasteiger partial charge is 0.316 e. The molecule has 7 heteroatoms. The summed E-state index contributed by atoms with van der Waals surface area (Å²) in [7, 11) is 3.35. The zero-order valence-electron chi connectivity index (χ0n) is 11.5. The van der Waals surface area contributed by atoms with Crippen molar-refractivity contribution in [2.45, 2.75) is 6.10 Å². The van der Waals surface area contributed by atoms with Crippen LogP contribution < -0.4 is 10.6 Å². The molecule has 20 heavy (non-hydrogen) atoms. The van der Waals surface area contributed by atoms with Crippen LogP contribution >= 0.6 is 23.2 Å². The van der Waals surface area contributed by atoms with Gasteiger partial charge >= 0.3 is 6.03 Å². The Bertz CT molecular complexity index is 455. The Morgan fingerprint density at radius 3 is 2.70 bits per heavy atom. The molecule has 5 nitrogen and oxygen atoms in total. The number of hydrogen-bond donors (Lipinski definition) is 3. The molecule has 1 rings (SSSR count).